The number of aromatic nitrogens is 2. The summed E-state index contributed by atoms with van der Waals surface area (Å²) in [6, 6.07) is 0. The summed E-state index contributed by atoms with van der Waals surface area (Å²) >= 11 is 0. The summed E-state index contributed by atoms with van der Waals surface area (Å²) in [4.78, 5) is 0.246. The molecule has 0 spiro atoms. The summed E-state index contributed by atoms with van der Waals surface area (Å²) in [5, 5.41) is 10.0. The van der Waals surface area contributed by atoms with Gasteiger partial charge in [-0.2, -0.15) is 5.10 Å². The van der Waals surface area contributed by atoms with E-state index in [1.807, 2.05) is 6.92 Å². The maximum absolute atomic E-state index is 12.4. The molecule has 0 aliphatic rings. The van der Waals surface area contributed by atoms with Gasteiger partial charge in [-0.1, -0.05) is 13.8 Å². The first-order valence-electron chi connectivity index (χ1n) is 7.15. The molecule has 0 saturated heterocycles. The molecule has 1 rings (SSSR count). The summed E-state index contributed by atoms with van der Waals surface area (Å²) in [6.07, 6.45) is 0.984. The number of sulfonamides is 1. The zero-order chi connectivity index (χ0) is 15.9. The predicted octanol–water partition coefficient (Wildman–Crippen LogP) is 0.779. The third kappa shape index (κ3) is 5.39. The standard InChI is InChI=1S/C13H26N4O3S/c1-5-6-14-8-12-13(11(3)16-17-12)21(18,19)15-7-10(2)9-20-4/h10,14-15H,5-9H2,1-4H3,(H,16,17). The topological polar surface area (TPSA) is 96.1 Å². The Morgan fingerprint density at radius 2 is 2.14 bits per heavy atom. The van der Waals surface area contributed by atoms with E-state index in [9.17, 15) is 8.42 Å². The molecule has 1 aromatic rings. The maximum Gasteiger partial charge on any atom is 0.244 e. The lowest BCUT2D eigenvalue weighted by atomic mass is 10.2. The molecule has 122 valence electrons. The van der Waals surface area contributed by atoms with E-state index in [1.54, 1.807) is 14.0 Å². The molecule has 0 amide bonds. The molecule has 0 radical (unpaired) electrons. The summed E-state index contributed by atoms with van der Waals surface area (Å²) < 4.78 is 32.5. The lowest BCUT2D eigenvalue weighted by Crippen LogP contribution is -2.31. The van der Waals surface area contributed by atoms with Crippen LogP contribution in [0.5, 0.6) is 0 Å². The molecular weight excluding hydrogens is 292 g/mol. The minimum absolute atomic E-state index is 0.110. The van der Waals surface area contributed by atoms with Gasteiger partial charge in [0.25, 0.3) is 0 Å². The monoisotopic (exact) mass is 318 g/mol. The van der Waals surface area contributed by atoms with Crippen molar-refractivity contribution in [1.82, 2.24) is 20.2 Å². The Kier molecular flexibility index (Phi) is 7.30. The van der Waals surface area contributed by atoms with Crippen molar-refractivity contribution in [3.63, 3.8) is 0 Å². The van der Waals surface area contributed by atoms with Gasteiger partial charge in [-0.3, -0.25) is 5.10 Å². The number of hydrogen-bond acceptors (Lipinski definition) is 5. The lowest BCUT2D eigenvalue weighted by Gasteiger charge is -2.12. The molecule has 3 N–H and O–H groups in total. The third-order valence-corrected chi connectivity index (χ3v) is 4.65. The summed E-state index contributed by atoms with van der Waals surface area (Å²) in [5.74, 6) is 0.110. The van der Waals surface area contributed by atoms with Crippen LogP contribution in [0, 0.1) is 12.8 Å². The average molecular weight is 318 g/mol. The molecule has 0 aromatic carbocycles. The second-order valence-corrected chi connectivity index (χ2v) is 6.92. The molecule has 21 heavy (non-hydrogen) atoms. The second kappa shape index (κ2) is 8.47. The van der Waals surface area contributed by atoms with Crippen LogP contribution in [-0.2, 0) is 21.3 Å². The van der Waals surface area contributed by atoms with Crippen LogP contribution in [-0.4, -0.2) is 45.4 Å². The summed E-state index contributed by atoms with van der Waals surface area (Å²) in [5.41, 5.74) is 1.07. The number of rotatable bonds is 10. The second-order valence-electron chi connectivity index (χ2n) is 5.21. The first-order chi connectivity index (χ1) is 9.92. The minimum atomic E-state index is -3.57. The number of methoxy groups -OCH3 is 1. The van der Waals surface area contributed by atoms with Crippen molar-refractivity contribution in [1.29, 1.82) is 0 Å². The van der Waals surface area contributed by atoms with Crippen LogP contribution >= 0.6 is 0 Å². The van der Waals surface area contributed by atoms with Crippen molar-refractivity contribution in [2.75, 3.05) is 26.8 Å². The highest BCUT2D eigenvalue weighted by Gasteiger charge is 2.24. The highest BCUT2D eigenvalue weighted by atomic mass is 32.2. The number of aryl methyl sites for hydroxylation is 1. The molecule has 1 unspecified atom stereocenters. The van der Waals surface area contributed by atoms with E-state index < -0.39 is 10.0 Å². The van der Waals surface area contributed by atoms with Crippen molar-refractivity contribution in [2.45, 2.75) is 38.6 Å². The van der Waals surface area contributed by atoms with Gasteiger partial charge in [-0.05, 0) is 25.8 Å². The van der Waals surface area contributed by atoms with E-state index >= 15 is 0 Å². The highest BCUT2D eigenvalue weighted by Crippen LogP contribution is 2.17. The van der Waals surface area contributed by atoms with Gasteiger partial charge in [0.1, 0.15) is 4.90 Å². The number of nitrogens with zero attached hydrogens (tertiary/aromatic N) is 1. The van der Waals surface area contributed by atoms with Gasteiger partial charge < -0.3 is 10.1 Å². The molecule has 0 fully saturated rings. The van der Waals surface area contributed by atoms with Crippen LogP contribution in [0.1, 0.15) is 31.7 Å². The zero-order valence-corrected chi connectivity index (χ0v) is 14.0. The van der Waals surface area contributed by atoms with Gasteiger partial charge in [-0.25, -0.2) is 13.1 Å². The van der Waals surface area contributed by atoms with Crippen LogP contribution < -0.4 is 10.0 Å². The number of hydrogen-bond donors (Lipinski definition) is 3. The number of aromatic amines is 1. The molecule has 1 aromatic heterocycles. The fourth-order valence-electron chi connectivity index (χ4n) is 2.00. The summed E-state index contributed by atoms with van der Waals surface area (Å²) in [7, 11) is -1.97. The van der Waals surface area contributed by atoms with Crippen LogP contribution in [0.4, 0.5) is 0 Å². The Hall–Kier alpha value is -0.960. The fourth-order valence-corrected chi connectivity index (χ4v) is 3.52. The van der Waals surface area contributed by atoms with Gasteiger partial charge >= 0.3 is 0 Å². The molecule has 0 bridgehead atoms. The highest BCUT2D eigenvalue weighted by molar-refractivity contribution is 7.89. The first-order valence-corrected chi connectivity index (χ1v) is 8.63. The zero-order valence-electron chi connectivity index (χ0n) is 13.2. The van der Waals surface area contributed by atoms with E-state index in [-0.39, 0.29) is 10.8 Å². The fraction of sp³-hybridized carbons (Fsp3) is 0.769. The first kappa shape index (κ1) is 18.1. The minimum Gasteiger partial charge on any atom is -0.384 e. The molecule has 8 heteroatoms. The van der Waals surface area contributed by atoms with E-state index in [0.29, 0.717) is 31.1 Å². The number of ether oxygens (including phenoxy) is 1. The molecule has 0 aliphatic heterocycles. The van der Waals surface area contributed by atoms with Crippen molar-refractivity contribution in [3.8, 4) is 0 Å². The van der Waals surface area contributed by atoms with E-state index in [0.717, 1.165) is 13.0 Å². The Labute approximate surface area is 126 Å². The molecule has 0 aliphatic carbocycles. The third-order valence-electron chi connectivity index (χ3n) is 3.02. The van der Waals surface area contributed by atoms with E-state index in [2.05, 4.69) is 27.2 Å². The van der Waals surface area contributed by atoms with Gasteiger partial charge in [0.05, 0.1) is 11.4 Å². The van der Waals surface area contributed by atoms with Gasteiger partial charge in [0, 0.05) is 26.8 Å². The lowest BCUT2D eigenvalue weighted by molar-refractivity contribution is 0.161. The smallest absolute Gasteiger partial charge is 0.244 e. The van der Waals surface area contributed by atoms with Crippen LogP contribution in [0.3, 0.4) is 0 Å². The Balaban J connectivity index is 2.79. The maximum atomic E-state index is 12.4. The van der Waals surface area contributed by atoms with E-state index in [4.69, 9.17) is 4.74 Å². The molecular formula is C13H26N4O3S. The average Bonchev–Trinajstić information content (AvgIpc) is 2.79. The van der Waals surface area contributed by atoms with Gasteiger partial charge in [-0.15, -0.1) is 0 Å². The van der Waals surface area contributed by atoms with Crippen LogP contribution in [0.15, 0.2) is 4.90 Å². The van der Waals surface area contributed by atoms with Gasteiger partial charge in [0.2, 0.25) is 10.0 Å². The van der Waals surface area contributed by atoms with Gasteiger partial charge in [0.15, 0.2) is 0 Å². The molecule has 0 saturated carbocycles. The SMILES string of the molecule is CCCNCc1n[nH]c(C)c1S(=O)(=O)NCC(C)COC. The number of H-pyrrole nitrogens is 1. The molecule has 1 heterocycles. The normalized spacial score (nSPS) is 13.5. The van der Waals surface area contributed by atoms with Crippen LogP contribution in [0.2, 0.25) is 0 Å². The Morgan fingerprint density at radius 1 is 1.43 bits per heavy atom. The van der Waals surface area contributed by atoms with Crippen molar-refractivity contribution in [2.24, 2.45) is 5.92 Å². The Morgan fingerprint density at radius 3 is 2.76 bits per heavy atom. The molecule has 1 atom stereocenters. The number of nitrogens with one attached hydrogen (secondary N) is 3. The van der Waals surface area contributed by atoms with Crippen molar-refractivity contribution in [3.05, 3.63) is 11.4 Å². The quantitative estimate of drug-likeness (QED) is 0.554. The van der Waals surface area contributed by atoms with Crippen molar-refractivity contribution < 1.29 is 13.2 Å². The predicted molar refractivity (Wildman–Crippen MR) is 81.6 cm³/mol. The Bertz CT molecular complexity index is 528. The summed E-state index contributed by atoms with van der Waals surface area (Å²) in [6.45, 7) is 7.80. The van der Waals surface area contributed by atoms with E-state index in [1.165, 1.54) is 0 Å². The van der Waals surface area contributed by atoms with Crippen LogP contribution in [0.25, 0.3) is 0 Å². The largest absolute Gasteiger partial charge is 0.384 e. The molecule has 7 nitrogen and oxygen atoms in total. The van der Waals surface area contributed by atoms with Crippen molar-refractivity contribution >= 4 is 10.0 Å².